The quantitative estimate of drug-likeness (QED) is 0.876. The van der Waals surface area contributed by atoms with Crippen LogP contribution in [0.4, 0.5) is 0 Å². The van der Waals surface area contributed by atoms with Gasteiger partial charge in [0.05, 0.1) is 26.5 Å². The Morgan fingerprint density at radius 1 is 1.33 bits per heavy atom. The Kier molecular flexibility index (Phi) is 4.04. The summed E-state index contributed by atoms with van der Waals surface area (Å²) in [7, 11) is -1.17. The lowest BCUT2D eigenvalue weighted by molar-refractivity contribution is 0.675. The molecule has 2 rings (SSSR count). The number of hydrogen-bond donors (Lipinski definition) is 0. The summed E-state index contributed by atoms with van der Waals surface area (Å²) < 4.78 is 13.3. The molecule has 0 amide bonds. The van der Waals surface area contributed by atoms with Gasteiger partial charge in [-0.15, -0.1) is 5.10 Å². The van der Waals surface area contributed by atoms with E-state index in [1.807, 2.05) is 6.92 Å². The van der Waals surface area contributed by atoms with E-state index in [0.717, 1.165) is 5.69 Å². The zero-order valence-corrected chi connectivity index (χ0v) is 12.2. The molecule has 2 aromatic rings. The van der Waals surface area contributed by atoms with Gasteiger partial charge in [0.25, 0.3) is 0 Å². The van der Waals surface area contributed by atoms with Crippen molar-refractivity contribution in [2.45, 2.75) is 19.0 Å². The number of nitrogens with zero attached hydrogens (tertiary/aromatic N) is 3. The lowest BCUT2D eigenvalue weighted by Crippen LogP contribution is -2.01. The van der Waals surface area contributed by atoms with Crippen LogP contribution in [0.3, 0.4) is 0 Å². The first-order valence-electron chi connectivity index (χ1n) is 5.30. The molecule has 96 valence electrons. The summed E-state index contributed by atoms with van der Waals surface area (Å²) in [6.07, 6.45) is 0. The summed E-state index contributed by atoms with van der Waals surface area (Å²) in [5.74, 6) is 1.15. The molecule has 0 spiro atoms. The fraction of sp³-hybridized carbons (Fsp3) is 0.273. The molecule has 0 fully saturated rings. The predicted molar refractivity (Wildman–Crippen MR) is 73.1 cm³/mol. The van der Waals surface area contributed by atoms with E-state index in [9.17, 15) is 4.21 Å². The van der Waals surface area contributed by atoms with Crippen molar-refractivity contribution in [1.82, 2.24) is 14.8 Å². The first kappa shape index (κ1) is 13.5. The molecule has 18 heavy (non-hydrogen) atoms. The number of aryl methyl sites for hydroxylation is 1. The fourth-order valence-corrected chi connectivity index (χ4v) is 2.41. The molecule has 1 aromatic heterocycles. The highest BCUT2D eigenvalue weighted by Gasteiger charge is 2.13. The lowest BCUT2D eigenvalue weighted by Gasteiger charge is -2.03. The third kappa shape index (κ3) is 2.58. The minimum atomic E-state index is -1.17. The summed E-state index contributed by atoms with van der Waals surface area (Å²) in [4.78, 5) is 4.19. The molecule has 0 N–H and O–H groups in total. The molecule has 1 unspecified atom stereocenters. The monoisotopic (exact) mass is 303 g/mol. The maximum Gasteiger partial charge on any atom is 0.239 e. The highest BCUT2D eigenvalue weighted by molar-refractivity contribution is 7.84. The van der Waals surface area contributed by atoms with E-state index in [2.05, 4.69) is 10.1 Å². The number of benzene rings is 1. The zero-order chi connectivity index (χ0) is 13.3. The van der Waals surface area contributed by atoms with Crippen LogP contribution in [-0.2, 0) is 10.8 Å². The van der Waals surface area contributed by atoms with Crippen molar-refractivity contribution in [1.29, 1.82) is 0 Å². The van der Waals surface area contributed by atoms with Gasteiger partial charge in [-0.2, -0.15) is 0 Å². The van der Waals surface area contributed by atoms with Gasteiger partial charge in [0.15, 0.2) is 0 Å². The summed E-state index contributed by atoms with van der Waals surface area (Å²) in [6, 6.07) is 5.18. The molecule has 0 aliphatic heterocycles. The van der Waals surface area contributed by atoms with Crippen molar-refractivity contribution in [3.05, 3.63) is 34.1 Å². The standard InChI is InChI=1S/C11H11Cl2N3OS/c1-3-18(17)11-14-7(2)16(15-11)8-4-5-9(12)10(13)6-8/h4-6H,3H2,1-2H3. The van der Waals surface area contributed by atoms with Crippen LogP contribution < -0.4 is 0 Å². The molecule has 1 heterocycles. The minimum absolute atomic E-state index is 0.334. The van der Waals surface area contributed by atoms with Gasteiger partial charge in [0, 0.05) is 5.75 Å². The van der Waals surface area contributed by atoms with Crippen LogP contribution in [0.2, 0.25) is 10.0 Å². The van der Waals surface area contributed by atoms with Crippen LogP contribution in [0.25, 0.3) is 5.69 Å². The van der Waals surface area contributed by atoms with Crippen LogP contribution in [0.15, 0.2) is 23.4 Å². The van der Waals surface area contributed by atoms with Crippen molar-refractivity contribution in [2.75, 3.05) is 5.75 Å². The smallest absolute Gasteiger partial charge is 0.239 e. The van der Waals surface area contributed by atoms with Crippen LogP contribution in [0, 0.1) is 6.92 Å². The van der Waals surface area contributed by atoms with Gasteiger partial charge in [-0.25, -0.2) is 9.67 Å². The van der Waals surface area contributed by atoms with E-state index in [1.165, 1.54) is 0 Å². The van der Waals surface area contributed by atoms with E-state index in [-0.39, 0.29) is 0 Å². The van der Waals surface area contributed by atoms with Gasteiger partial charge in [0.1, 0.15) is 5.82 Å². The second-order valence-corrected chi connectivity index (χ2v) is 6.03. The first-order valence-corrected chi connectivity index (χ1v) is 7.38. The molecular weight excluding hydrogens is 293 g/mol. The van der Waals surface area contributed by atoms with Gasteiger partial charge in [-0.05, 0) is 25.1 Å². The van der Waals surface area contributed by atoms with Crippen LogP contribution in [-0.4, -0.2) is 24.7 Å². The van der Waals surface area contributed by atoms with E-state index >= 15 is 0 Å². The van der Waals surface area contributed by atoms with Gasteiger partial charge < -0.3 is 0 Å². The van der Waals surface area contributed by atoms with E-state index < -0.39 is 10.8 Å². The van der Waals surface area contributed by atoms with E-state index in [1.54, 1.807) is 29.8 Å². The van der Waals surface area contributed by atoms with Gasteiger partial charge in [-0.1, -0.05) is 30.1 Å². The predicted octanol–water partition coefficient (Wildman–Crippen LogP) is 3.01. The first-order chi connectivity index (χ1) is 8.52. The molecule has 1 aromatic carbocycles. The Hall–Kier alpha value is -0.910. The van der Waals surface area contributed by atoms with Crippen LogP contribution >= 0.6 is 23.2 Å². The van der Waals surface area contributed by atoms with Gasteiger partial charge >= 0.3 is 0 Å². The Labute approximate surface area is 117 Å². The molecule has 0 saturated carbocycles. The largest absolute Gasteiger partial charge is 0.251 e. The molecule has 0 aliphatic carbocycles. The number of aromatic nitrogens is 3. The zero-order valence-electron chi connectivity index (χ0n) is 9.85. The fourth-order valence-electron chi connectivity index (χ4n) is 1.45. The van der Waals surface area contributed by atoms with Crippen molar-refractivity contribution in [3.8, 4) is 5.69 Å². The summed E-state index contributed by atoms with van der Waals surface area (Å²) in [5.41, 5.74) is 0.744. The molecule has 7 heteroatoms. The van der Waals surface area contributed by atoms with Crippen molar-refractivity contribution in [2.24, 2.45) is 0 Å². The summed E-state index contributed by atoms with van der Waals surface area (Å²) in [6.45, 7) is 3.62. The highest BCUT2D eigenvalue weighted by atomic mass is 35.5. The molecule has 4 nitrogen and oxygen atoms in total. The maximum absolute atomic E-state index is 11.7. The van der Waals surface area contributed by atoms with Gasteiger partial charge in [-0.3, -0.25) is 4.21 Å². The van der Waals surface area contributed by atoms with Crippen molar-refractivity contribution < 1.29 is 4.21 Å². The summed E-state index contributed by atoms with van der Waals surface area (Å²) >= 11 is 11.8. The molecule has 1 atom stereocenters. The Morgan fingerprint density at radius 3 is 2.67 bits per heavy atom. The Bertz CT molecular complexity index is 612. The molecule has 0 saturated heterocycles. The molecule has 0 bridgehead atoms. The third-order valence-corrected chi connectivity index (χ3v) is 4.21. The molecule has 0 aliphatic rings. The molecule has 0 radical (unpaired) electrons. The Morgan fingerprint density at radius 2 is 2.06 bits per heavy atom. The number of halogens is 2. The van der Waals surface area contributed by atoms with Crippen molar-refractivity contribution >= 4 is 34.0 Å². The second kappa shape index (κ2) is 5.38. The lowest BCUT2D eigenvalue weighted by atomic mass is 10.3. The topological polar surface area (TPSA) is 47.8 Å². The third-order valence-electron chi connectivity index (χ3n) is 2.36. The van der Waals surface area contributed by atoms with E-state index in [4.69, 9.17) is 23.2 Å². The minimum Gasteiger partial charge on any atom is -0.251 e. The van der Waals surface area contributed by atoms with E-state index in [0.29, 0.717) is 26.8 Å². The maximum atomic E-state index is 11.7. The summed E-state index contributed by atoms with van der Waals surface area (Å²) in [5, 5.41) is 5.49. The van der Waals surface area contributed by atoms with Crippen molar-refractivity contribution in [3.63, 3.8) is 0 Å². The number of rotatable bonds is 3. The highest BCUT2D eigenvalue weighted by Crippen LogP contribution is 2.24. The Balaban J connectivity index is 2.47. The second-order valence-electron chi connectivity index (χ2n) is 3.59. The normalized spacial score (nSPS) is 12.7. The molecular formula is C11H11Cl2N3OS. The average Bonchev–Trinajstić information content (AvgIpc) is 2.74. The SMILES string of the molecule is CCS(=O)c1nc(C)n(-c2ccc(Cl)c(Cl)c2)n1. The average molecular weight is 304 g/mol. The number of hydrogen-bond acceptors (Lipinski definition) is 3. The van der Waals surface area contributed by atoms with Gasteiger partial charge in [0.2, 0.25) is 5.16 Å². The van der Waals surface area contributed by atoms with Crippen LogP contribution in [0.1, 0.15) is 12.7 Å². The van der Waals surface area contributed by atoms with Crippen LogP contribution in [0.5, 0.6) is 0 Å².